The van der Waals surface area contributed by atoms with Crippen molar-refractivity contribution >= 4 is 39.7 Å². The molecule has 88 valence electrons. The summed E-state index contributed by atoms with van der Waals surface area (Å²) in [6.07, 6.45) is 0. The van der Waals surface area contributed by atoms with Crippen LogP contribution in [0.4, 0.5) is 5.00 Å². The van der Waals surface area contributed by atoms with Crippen molar-refractivity contribution in [1.82, 2.24) is 0 Å². The molecular formula is C10H12ClNO3S. The molecule has 1 aromatic heterocycles. The molecule has 0 aliphatic rings. The Hall–Kier alpha value is -1.07. The SMILES string of the molecule is COC(=O)c1sc(N)c(C)c1C(=O)C(C)Cl. The third-order valence-corrected chi connectivity index (χ3v) is 3.46. The molecule has 16 heavy (non-hydrogen) atoms. The van der Waals surface area contributed by atoms with E-state index >= 15 is 0 Å². The summed E-state index contributed by atoms with van der Waals surface area (Å²) in [5.41, 5.74) is 6.55. The van der Waals surface area contributed by atoms with Gasteiger partial charge in [0.25, 0.3) is 0 Å². The molecule has 0 bridgehead atoms. The van der Waals surface area contributed by atoms with Crippen molar-refractivity contribution in [3.8, 4) is 0 Å². The first-order chi connectivity index (χ1) is 7.40. The summed E-state index contributed by atoms with van der Waals surface area (Å²) in [5, 5.41) is -0.267. The summed E-state index contributed by atoms with van der Waals surface area (Å²) in [4.78, 5) is 23.5. The monoisotopic (exact) mass is 261 g/mol. The zero-order valence-corrected chi connectivity index (χ0v) is 10.7. The van der Waals surface area contributed by atoms with Crippen LogP contribution in [0.15, 0.2) is 0 Å². The Labute approximate surface area is 102 Å². The van der Waals surface area contributed by atoms with Crippen LogP contribution in [0.2, 0.25) is 0 Å². The second kappa shape index (κ2) is 4.84. The van der Waals surface area contributed by atoms with Crippen LogP contribution in [0, 0.1) is 6.92 Å². The largest absolute Gasteiger partial charge is 0.465 e. The molecule has 0 fully saturated rings. The summed E-state index contributed by atoms with van der Waals surface area (Å²) in [6, 6.07) is 0. The summed E-state index contributed by atoms with van der Waals surface area (Å²) >= 11 is 6.77. The number of esters is 1. The van der Waals surface area contributed by atoms with E-state index in [1.165, 1.54) is 7.11 Å². The van der Waals surface area contributed by atoms with Gasteiger partial charge in [-0.3, -0.25) is 4.79 Å². The standard InChI is InChI=1S/C10H12ClNO3S/c1-4-6(7(13)5(2)11)8(10(14)15-3)16-9(4)12/h5H,12H2,1-3H3. The van der Waals surface area contributed by atoms with Gasteiger partial charge in [0, 0.05) is 5.56 Å². The van der Waals surface area contributed by atoms with Gasteiger partial charge in [-0.1, -0.05) is 0 Å². The Morgan fingerprint density at radius 2 is 2.06 bits per heavy atom. The molecule has 0 aliphatic heterocycles. The van der Waals surface area contributed by atoms with Gasteiger partial charge < -0.3 is 10.5 Å². The van der Waals surface area contributed by atoms with Gasteiger partial charge in [-0.05, 0) is 19.4 Å². The number of Topliss-reactive ketones (excluding diaryl/α,β-unsaturated/α-hetero) is 1. The molecule has 1 atom stereocenters. The first-order valence-electron chi connectivity index (χ1n) is 4.55. The third kappa shape index (κ3) is 2.20. The molecule has 0 aromatic carbocycles. The predicted octanol–water partition coefficient (Wildman–Crippen LogP) is 2.24. The first-order valence-corrected chi connectivity index (χ1v) is 5.80. The Morgan fingerprint density at radius 1 is 1.50 bits per heavy atom. The fourth-order valence-corrected chi connectivity index (χ4v) is 2.37. The molecule has 4 nitrogen and oxygen atoms in total. The molecule has 1 rings (SSSR count). The number of anilines is 1. The van der Waals surface area contributed by atoms with Crippen LogP contribution < -0.4 is 5.73 Å². The highest BCUT2D eigenvalue weighted by atomic mass is 35.5. The van der Waals surface area contributed by atoms with Crippen molar-refractivity contribution in [3.63, 3.8) is 0 Å². The number of halogens is 1. The number of methoxy groups -OCH3 is 1. The molecule has 6 heteroatoms. The second-order valence-corrected chi connectivity index (χ2v) is 4.97. The number of hydrogen-bond donors (Lipinski definition) is 1. The average molecular weight is 262 g/mol. The predicted molar refractivity (Wildman–Crippen MR) is 64.5 cm³/mol. The Morgan fingerprint density at radius 3 is 2.50 bits per heavy atom. The molecule has 0 amide bonds. The number of nitrogen functional groups attached to an aromatic ring is 1. The van der Waals surface area contributed by atoms with E-state index in [0.717, 1.165) is 11.3 Å². The number of carbonyl (C=O) groups is 2. The second-order valence-electron chi connectivity index (χ2n) is 3.27. The Kier molecular flexibility index (Phi) is 3.93. The number of nitrogens with two attached hydrogens (primary N) is 1. The number of alkyl halides is 1. The van der Waals surface area contributed by atoms with Gasteiger partial charge in [0.05, 0.1) is 17.5 Å². The number of ether oxygens (including phenoxy) is 1. The molecule has 0 saturated carbocycles. The van der Waals surface area contributed by atoms with E-state index < -0.39 is 11.3 Å². The fourth-order valence-electron chi connectivity index (χ4n) is 1.26. The van der Waals surface area contributed by atoms with Crippen molar-refractivity contribution in [3.05, 3.63) is 16.0 Å². The average Bonchev–Trinajstić information content (AvgIpc) is 2.53. The molecule has 1 aromatic rings. The smallest absolute Gasteiger partial charge is 0.348 e. The highest BCUT2D eigenvalue weighted by molar-refractivity contribution is 7.18. The van der Waals surface area contributed by atoms with Crippen LogP contribution >= 0.6 is 22.9 Å². The van der Waals surface area contributed by atoms with E-state index in [1.54, 1.807) is 13.8 Å². The van der Waals surface area contributed by atoms with E-state index in [1.807, 2.05) is 0 Å². The summed E-state index contributed by atoms with van der Waals surface area (Å²) in [5.74, 6) is -0.877. The van der Waals surface area contributed by atoms with Gasteiger partial charge in [-0.2, -0.15) is 0 Å². The van der Waals surface area contributed by atoms with Crippen LogP contribution in [0.1, 0.15) is 32.5 Å². The van der Waals surface area contributed by atoms with Gasteiger partial charge in [0.1, 0.15) is 4.88 Å². The Bertz CT molecular complexity index is 440. The summed E-state index contributed by atoms with van der Waals surface area (Å²) in [6.45, 7) is 3.24. The van der Waals surface area contributed by atoms with Crippen LogP contribution in [-0.4, -0.2) is 24.2 Å². The van der Waals surface area contributed by atoms with Crippen LogP contribution in [-0.2, 0) is 4.74 Å². The van der Waals surface area contributed by atoms with E-state index in [9.17, 15) is 9.59 Å². The van der Waals surface area contributed by atoms with Crippen LogP contribution in [0.3, 0.4) is 0 Å². The third-order valence-electron chi connectivity index (χ3n) is 2.16. The van der Waals surface area contributed by atoms with E-state index in [0.29, 0.717) is 10.6 Å². The maximum Gasteiger partial charge on any atom is 0.348 e. The normalized spacial score (nSPS) is 12.2. The lowest BCUT2D eigenvalue weighted by Gasteiger charge is -2.04. The topological polar surface area (TPSA) is 69.4 Å². The maximum atomic E-state index is 11.8. The zero-order valence-electron chi connectivity index (χ0n) is 9.17. The van der Waals surface area contributed by atoms with E-state index in [2.05, 4.69) is 4.74 Å². The lowest BCUT2D eigenvalue weighted by atomic mass is 10.0. The van der Waals surface area contributed by atoms with Crippen molar-refractivity contribution < 1.29 is 14.3 Å². The number of ketones is 1. The van der Waals surface area contributed by atoms with Gasteiger partial charge in [0.15, 0.2) is 5.78 Å². The van der Waals surface area contributed by atoms with Gasteiger partial charge in [-0.15, -0.1) is 22.9 Å². The number of thiophene rings is 1. The molecular weight excluding hydrogens is 250 g/mol. The molecule has 1 heterocycles. The fraction of sp³-hybridized carbons (Fsp3) is 0.400. The summed E-state index contributed by atoms with van der Waals surface area (Å²) < 4.78 is 4.60. The van der Waals surface area contributed by atoms with Gasteiger partial charge in [0.2, 0.25) is 0 Å². The number of rotatable bonds is 3. The van der Waals surface area contributed by atoms with Crippen molar-refractivity contribution in [2.45, 2.75) is 19.2 Å². The van der Waals surface area contributed by atoms with Crippen LogP contribution in [0.25, 0.3) is 0 Å². The molecule has 0 radical (unpaired) electrons. The molecule has 1 unspecified atom stereocenters. The highest BCUT2D eigenvalue weighted by Gasteiger charge is 2.27. The van der Waals surface area contributed by atoms with Crippen molar-refractivity contribution in [1.29, 1.82) is 0 Å². The minimum atomic E-state index is -0.698. The van der Waals surface area contributed by atoms with E-state index in [4.69, 9.17) is 17.3 Å². The maximum absolute atomic E-state index is 11.8. The zero-order chi connectivity index (χ0) is 12.5. The van der Waals surface area contributed by atoms with Crippen molar-refractivity contribution in [2.75, 3.05) is 12.8 Å². The minimum Gasteiger partial charge on any atom is -0.465 e. The van der Waals surface area contributed by atoms with E-state index in [-0.39, 0.29) is 16.2 Å². The Balaban J connectivity index is 3.35. The molecule has 0 saturated heterocycles. The quantitative estimate of drug-likeness (QED) is 0.515. The minimum absolute atomic E-state index is 0.218. The number of hydrogen-bond acceptors (Lipinski definition) is 5. The molecule has 0 spiro atoms. The number of carbonyl (C=O) groups excluding carboxylic acids is 2. The van der Waals surface area contributed by atoms with Crippen molar-refractivity contribution in [2.24, 2.45) is 0 Å². The van der Waals surface area contributed by atoms with Crippen LogP contribution in [0.5, 0.6) is 0 Å². The lowest BCUT2D eigenvalue weighted by Crippen LogP contribution is -2.15. The summed E-state index contributed by atoms with van der Waals surface area (Å²) in [7, 11) is 1.26. The highest BCUT2D eigenvalue weighted by Crippen LogP contribution is 2.32. The first kappa shape index (κ1) is 13.0. The lowest BCUT2D eigenvalue weighted by molar-refractivity contribution is 0.0602. The molecule has 2 N–H and O–H groups in total. The molecule has 0 aliphatic carbocycles. The van der Waals surface area contributed by atoms with Gasteiger partial charge in [-0.25, -0.2) is 4.79 Å². The van der Waals surface area contributed by atoms with Gasteiger partial charge >= 0.3 is 5.97 Å².